The van der Waals surface area contributed by atoms with Gasteiger partial charge in [0, 0.05) is 17.9 Å². The largest absolute Gasteiger partial charge is 0.481 e. The molecule has 1 aromatic rings. The Hall–Kier alpha value is -2.21. The van der Waals surface area contributed by atoms with E-state index in [0.717, 1.165) is 5.69 Å². The zero-order valence-corrected chi connectivity index (χ0v) is 9.87. The standard InChI is InChI=1S/C12H16N2O4/c1-9(18-17)8-14(7-6-12(15)16)11-4-2-10(13)3-5-11/h2-5,17H,1,6-8,13H2,(H,15,16). The van der Waals surface area contributed by atoms with Gasteiger partial charge in [-0.2, -0.15) is 0 Å². The maximum atomic E-state index is 10.6. The number of hydrogen-bond acceptors (Lipinski definition) is 5. The molecule has 0 spiro atoms. The van der Waals surface area contributed by atoms with Crippen molar-refractivity contribution in [1.29, 1.82) is 0 Å². The summed E-state index contributed by atoms with van der Waals surface area (Å²) in [5.41, 5.74) is 6.98. The molecule has 0 aromatic heterocycles. The summed E-state index contributed by atoms with van der Waals surface area (Å²) in [5, 5.41) is 17.2. The van der Waals surface area contributed by atoms with Crippen molar-refractivity contribution in [3.8, 4) is 0 Å². The lowest BCUT2D eigenvalue weighted by atomic mass is 10.2. The zero-order chi connectivity index (χ0) is 13.5. The number of nitrogens with zero attached hydrogens (tertiary/aromatic N) is 1. The average molecular weight is 252 g/mol. The van der Waals surface area contributed by atoms with Crippen LogP contribution in [0.2, 0.25) is 0 Å². The lowest BCUT2D eigenvalue weighted by Gasteiger charge is -2.24. The first-order valence-corrected chi connectivity index (χ1v) is 5.34. The number of carboxylic acids is 1. The third-order valence-electron chi connectivity index (χ3n) is 2.35. The first-order chi connectivity index (χ1) is 8.52. The molecule has 4 N–H and O–H groups in total. The molecule has 0 atom stereocenters. The zero-order valence-electron chi connectivity index (χ0n) is 9.87. The summed E-state index contributed by atoms with van der Waals surface area (Å²) in [7, 11) is 0. The number of benzene rings is 1. The number of anilines is 2. The van der Waals surface area contributed by atoms with E-state index < -0.39 is 5.97 Å². The fourth-order valence-electron chi connectivity index (χ4n) is 1.46. The summed E-state index contributed by atoms with van der Waals surface area (Å²) < 4.78 is 0. The van der Waals surface area contributed by atoms with Gasteiger partial charge < -0.3 is 20.6 Å². The molecule has 0 aliphatic heterocycles. The van der Waals surface area contributed by atoms with Gasteiger partial charge in [0.2, 0.25) is 0 Å². The molecule has 18 heavy (non-hydrogen) atoms. The van der Waals surface area contributed by atoms with Gasteiger partial charge in [0.25, 0.3) is 0 Å². The lowest BCUT2D eigenvalue weighted by Crippen LogP contribution is -2.28. The molecule has 1 aromatic carbocycles. The van der Waals surface area contributed by atoms with Crippen LogP contribution in [0, 0.1) is 0 Å². The van der Waals surface area contributed by atoms with Crippen molar-refractivity contribution in [2.75, 3.05) is 23.7 Å². The highest BCUT2D eigenvalue weighted by Gasteiger charge is 2.11. The van der Waals surface area contributed by atoms with E-state index in [1.807, 2.05) is 0 Å². The van der Waals surface area contributed by atoms with Crippen molar-refractivity contribution >= 4 is 17.3 Å². The van der Waals surface area contributed by atoms with Crippen molar-refractivity contribution in [3.05, 3.63) is 36.6 Å². The fraction of sp³-hybridized carbons (Fsp3) is 0.250. The van der Waals surface area contributed by atoms with Crippen molar-refractivity contribution in [3.63, 3.8) is 0 Å². The van der Waals surface area contributed by atoms with Crippen molar-refractivity contribution in [2.45, 2.75) is 6.42 Å². The van der Waals surface area contributed by atoms with Crippen LogP contribution in [0.1, 0.15) is 6.42 Å². The van der Waals surface area contributed by atoms with Crippen LogP contribution in [0.4, 0.5) is 11.4 Å². The summed E-state index contributed by atoms with van der Waals surface area (Å²) >= 11 is 0. The number of aliphatic carboxylic acids is 1. The summed E-state index contributed by atoms with van der Waals surface area (Å²) in [6.07, 6.45) is -0.0247. The van der Waals surface area contributed by atoms with Crippen LogP contribution in [0.15, 0.2) is 36.6 Å². The Morgan fingerprint density at radius 3 is 2.50 bits per heavy atom. The lowest BCUT2D eigenvalue weighted by molar-refractivity contribution is -0.203. The monoisotopic (exact) mass is 252 g/mol. The van der Waals surface area contributed by atoms with E-state index in [1.165, 1.54) is 0 Å². The topological polar surface area (TPSA) is 96.0 Å². The molecular weight excluding hydrogens is 236 g/mol. The van der Waals surface area contributed by atoms with Gasteiger partial charge in [-0.25, -0.2) is 5.26 Å². The van der Waals surface area contributed by atoms with Gasteiger partial charge >= 0.3 is 5.97 Å². The molecule has 6 nitrogen and oxygen atoms in total. The summed E-state index contributed by atoms with van der Waals surface area (Å²) in [6, 6.07) is 6.96. The van der Waals surface area contributed by atoms with E-state index in [1.54, 1.807) is 29.2 Å². The molecule has 0 amide bonds. The predicted octanol–water partition coefficient (Wildman–Crippen LogP) is 1.55. The van der Waals surface area contributed by atoms with Crippen LogP contribution in [-0.4, -0.2) is 29.4 Å². The Balaban J connectivity index is 2.78. The third kappa shape index (κ3) is 4.34. The van der Waals surface area contributed by atoms with Crippen molar-refractivity contribution < 1.29 is 20.0 Å². The third-order valence-corrected chi connectivity index (χ3v) is 2.35. The van der Waals surface area contributed by atoms with Gasteiger partial charge in [-0.05, 0) is 24.3 Å². The summed E-state index contributed by atoms with van der Waals surface area (Å²) in [5.74, 6) is -0.761. The molecular formula is C12H16N2O4. The van der Waals surface area contributed by atoms with Crippen LogP contribution in [0.5, 0.6) is 0 Å². The smallest absolute Gasteiger partial charge is 0.305 e. The van der Waals surface area contributed by atoms with Gasteiger partial charge in [-0.3, -0.25) is 4.79 Å². The maximum absolute atomic E-state index is 10.6. The van der Waals surface area contributed by atoms with Crippen LogP contribution in [-0.2, 0) is 9.68 Å². The van der Waals surface area contributed by atoms with Crippen LogP contribution >= 0.6 is 0 Å². The first kappa shape index (κ1) is 13.9. The highest BCUT2D eigenvalue weighted by atomic mass is 17.1. The predicted molar refractivity (Wildman–Crippen MR) is 68.2 cm³/mol. The molecule has 0 unspecified atom stereocenters. The maximum Gasteiger partial charge on any atom is 0.305 e. The highest BCUT2D eigenvalue weighted by Crippen LogP contribution is 2.17. The van der Waals surface area contributed by atoms with Gasteiger partial charge in [-0.1, -0.05) is 6.58 Å². The van der Waals surface area contributed by atoms with E-state index in [-0.39, 0.29) is 25.3 Å². The molecule has 0 saturated carbocycles. The van der Waals surface area contributed by atoms with E-state index in [4.69, 9.17) is 16.1 Å². The SMILES string of the molecule is C=C(CN(CCC(=O)O)c1ccc(N)cc1)OO. The Kier molecular flexibility index (Phi) is 5.01. The molecule has 0 aliphatic carbocycles. The minimum absolute atomic E-state index is 0.0247. The highest BCUT2D eigenvalue weighted by molar-refractivity contribution is 5.68. The second kappa shape index (κ2) is 6.51. The number of rotatable bonds is 7. The van der Waals surface area contributed by atoms with Gasteiger partial charge in [0.1, 0.15) is 0 Å². The Bertz CT molecular complexity index is 417. The normalized spacial score (nSPS) is 9.83. The molecule has 0 aliphatic rings. The van der Waals surface area contributed by atoms with Crippen molar-refractivity contribution in [2.24, 2.45) is 0 Å². The molecule has 0 heterocycles. The molecule has 98 valence electrons. The average Bonchev–Trinajstić information content (AvgIpc) is 2.35. The molecule has 0 saturated heterocycles. The molecule has 0 fully saturated rings. The summed E-state index contributed by atoms with van der Waals surface area (Å²) in [6.45, 7) is 3.98. The van der Waals surface area contributed by atoms with Crippen LogP contribution in [0.25, 0.3) is 0 Å². The van der Waals surface area contributed by atoms with Crippen LogP contribution in [0.3, 0.4) is 0 Å². The fourth-order valence-corrected chi connectivity index (χ4v) is 1.46. The first-order valence-electron chi connectivity index (χ1n) is 5.34. The van der Waals surface area contributed by atoms with Gasteiger partial charge in [0.15, 0.2) is 5.76 Å². The van der Waals surface area contributed by atoms with E-state index in [9.17, 15) is 4.79 Å². The number of hydrogen-bond donors (Lipinski definition) is 3. The van der Waals surface area contributed by atoms with Gasteiger partial charge in [0.05, 0.1) is 13.0 Å². The molecule has 0 radical (unpaired) electrons. The Morgan fingerprint density at radius 1 is 1.39 bits per heavy atom. The second-order valence-corrected chi connectivity index (χ2v) is 3.79. The van der Waals surface area contributed by atoms with E-state index in [2.05, 4.69) is 11.5 Å². The Labute approximate surface area is 105 Å². The quantitative estimate of drug-likeness (QED) is 0.295. The molecule has 1 rings (SSSR count). The molecule has 6 heteroatoms. The van der Waals surface area contributed by atoms with E-state index >= 15 is 0 Å². The minimum Gasteiger partial charge on any atom is -0.481 e. The molecule has 0 bridgehead atoms. The number of carboxylic acid groups (broad SMARTS) is 1. The minimum atomic E-state index is -0.897. The second-order valence-electron chi connectivity index (χ2n) is 3.79. The van der Waals surface area contributed by atoms with E-state index in [0.29, 0.717) is 5.69 Å². The van der Waals surface area contributed by atoms with Crippen LogP contribution < -0.4 is 10.6 Å². The Morgan fingerprint density at radius 2 is 2.00 bits per heavy atom. The van der Waals surface area contributed by atoms with Crippen molar-refractivity contribution in [1.82, 2.24) is 0 Å². The number of carbonyl (C=O) groups is 1. The number of nitrogens with two attached hydrogens (primary N) is 1. The number of nitrogen functional groups attached to an aromatic ring is 1. The van der Waals surface area contributed by atoms with Gasteiger partial charge in [-0.15, -0.1) is 0 Å². The summed E-state index contributed by atoms with van der Waals surface area (Å²) in [4.78, 5) is 16.3.